The van der Waals surface area contributed by atoms with Gasteiger partial charge in [0, 0.05) is 54.8 Å². The van der Waals surface area contributed by atoms with Crippen LogP contribution in [0.1, 0.15) is 149 Å². The van der Waals surface area contributed by atoms with Gasteiger partial charge in [0.05, 0.1) is 44.2 Å². The van der Waals surface area contributed by atoms with Crippen molar-refractivity contribution in [2.75, 3.05) is 40.1 Å². The van der Waals surface area contributed by atoms with E-state index in [1.807, 2.05) is 138 Å². The number of halogens is 3. The van der Waals surface area contributed by atoms with Crippen LogP contribution in [-0.4, -0.2) is 105 Å². The molecule has 0 bridgehead atoms. The van der Waals surface area contributed by atoms with E-state index in [0.29, 0.717) is 93.5 Å². The fourth-order valence-corrected chi connectivity index (χ4v) is 14.1. The van der Waals surface area contributed by atoms with Crippen molar-refractivity contribution in [3.05, 3.63) is 208 Å². The number of amides is 2. The van der Waals surface area contributed by atoms with E-state index in [9.17, 15) is 42.3 Å². The van der Waals surface area contributed by atoms with Gasteiger partial charge >= 0.3 is 31.2 Å². The van der Waals surface area contributed by atoms with Crippen LogP contribution in [0.4, 0.5) is 35.1 Å². The Labute approximate surface area is 590 Å². The molecule has 6 aromatic carbocycles. The van der Waals surface area contributed by atoms with E-state index in [2.05, 4.69) is 36.6 Å². The topological polar surface area (TPSA) is 234 Å². The van der Waals surface area contributed by atoms with E-state index in [-0.39, 0.29) is 47.5 Å². The third-order valence-corrected chi connectivity index (χ3v) is 20.1. The number of hydrogen-bond donors (Lipinski definition) is 3. The zero-order chi connectivity index (χ0) is 71.7. The van der Waals surface area contributed by atoms with E-state index in [1.165, 1.54) is 46.9 Å². The first kappa shape index (κ1) is 70.8. The second-order valence-electron chi connectivity index (χ2n) is 26.7. The molecule has 10 aromatic rings. The fourth-order valence-electron chi connectivity index (χ4n) is 12.4. The SMILES string of the molecule is CC(C)(C)OC(=O)c1nc(N2CCc3cccc(C(=O)Nc4nc5ccccc5s4)c3C2)ccc1B1OC(C)(C)C(C)(C)O1.CCOC(=O)CCC(c1ccc(Oc2cccc(-c3ccc(N4CCc5cccc(C(=O)Nc6nc7ccccc7s6)c5C4)nc3C(=O)O)c2C)cc1)C(F)(F)F. The number of pyridine rings is 2. The average Bonchev–Trinajstić information content (AvgIpc) is 1.75. The monoisotopic (exact) mass is 1410 g/mol. The Morgan fingerprint density at radius 1 is 0.644 bits per heavy atom. The summed E-state index contributed by atoms with van der Waals surface area (Å²) in [6.07, 6.45) is -4.04. The molecule has 0 spiro atoms. The summed E-state index contributed by atoms with van der Waals surface area (Å²) in [5, 5.41) is 17.4. The van der Waals surface area contributed by atoms with Crippen LogP contribution in [-0.2, 0) is 49.5 Å². The second-order valence-corrected chi connectivity index (χ2v) is 28.8. The number of para-hydroxylation sites is 2. The van der Waals surface area contributed by atoms with Crippen LogP contribution < -0.4 is 30.6 Å². The number of carboxylic acid groups (broad SMARTS) is 1. The molecule has 3 N–H and O–H groups in total. The third kappa shape index (κ3) is 15.8. The number of carbonyl (C=O) groups excluding carboxylic acids is 4. The standard InChI is InChI=1S/C43H37F3N4O6S.C33H37BN4O5S/c1-3-55-38(51)21-19-33(43(44,45)46)27-14-16-28(17-15-27)56-35-12-7-9-29(25(35)2)30-18-20-37(48-39(30)41(53)54)50-23-22-26-8-6-10-31(32(26)24-50)40(52)49-42-47-34-11-4-5-13-36(34)57-42;1-31(2,3)41-29(40)27-23(34-42-32(4,5)33(6,7)43-34)15-16-26(36-27)38-18-17-20-11-10-12-21(22(20)19-38)28(39)37-30-35-24-13-8-9-14-25(24)44-30/h4-18,20,33H,3,19,21-24H2,1-2H3,(H,53,54)(H,47,49,52);8-16H,17-19H2,1-7H3,(H,35,37,39). The minimum atomic E-state index is -4.57. The number of aromatic carboxylic acids is 1. The second kappa shape index (κ2) is 28.9. The van der Waals surface area contributed by atoms with Crippen molar-refractivity contribution in [2.24, 2.45) is 0 Å². The van der Waals surface area contributed by atoms with Crippen LogP contribution in [0.3, 0.4) is 0 Å². The van der Waals surface area contributed by atoms with E-state index in [0.717, 1.165) is 49.1 Å². The van der Waals surface area contributed by atoms with Crippen molar-refractivity contribution in [2.45, 2.75) is 130 Å². The predicted octanol–water partition coefficient (Wildman–Crippen LogP) is 15.7. The molecule has 0 saturated carbocycles. The maximum Gasteiger partial charge on any atom is 0.497 e. The molecule has 3 aliphatic rings. The lowest BCUT2D eigenvalue weighted by Gasteiger charge is -2.32. The molecule has 1 unspecified atom stereocenters. The number of ether oxygens (including phenoxy) is 3. The Bertz CT molecular complexity index is 4740. The van der Waals surface area contributed by atoms with Gasteiger partial charge in [-0.1, -0.05) is 102 Å². The number of carboxylic acids is 1. The molecule has 0 aliphatic carbocycles. The molecule has 4 aromatic heterocycles. The first-order chi connectivity index (χ1) is 48.1. The molecule has 7 heterocycles. The molecule has 25 heteroatoms. The molecule has 1 atom stereocenters. The van der Waals surface area contributed by atoms with Crippen LogP contribution in [0.15, 0.2) is 152 Å². The van der Waals surface area contributed by atoms with Gasteiger partial charge < -0.3 is 38.4 Å². The summed E-state index contributed by atoms with van der Waals surface area (Å²) in [4.78, 5) is 87.6. The van der Waals surface area contributed by atoms with E-state index in [4.69, 9.17) is 28.5 Å². The van der Waals surface area contributed by atoms with Gasteiger partial charge in [-0.3, -0.25) is 25.0 Å². The van der Waals surface area contributed by atoms with Crippen LogP contribution >= 0.6 is 22.7 Å². The number of alkyl halides is 3. The summed E-state index contributed by atoms with van der Waals surface area (Å²) in [7, 11) is -0.774. The van der Waals surface area contributed by atoms with E-state index in [1.54, 1.807) is 50.2 Å². The van der Waals surface area contributed by atoms with Gasteiger partial charge in [0.1, 0.15) is 28.7 Å². The summed E-state index contributed by atoms with van der Waals surface area (Å²) in [6, 6.07) is 44.7. The highest BCUT2D eigenvalue weighted by Crippen LogP contribution is 2.42. The number of thiazole rings is 2. The maximum absolute atomic E-state index is 13.9. The lowest BCUT2D eigenvalue weighted by Crippen LogP contribution is -2.41. The van der Waals surface area contributed by atoms with Gasteiger partial charge in [-0.25, -0.2) is 29.5 Å². The first-order valence-electron chi connectivity index (χ1n) is 33.1. The van der Waals surface area contributed by atoms with E-state index >= 15 is 0 Å². The zero-order valence-electron chi connectivity index (χ0n) is 57.1. The summed E-state index contributed by atoms with van der Waals surface area (Å²) in [5.74, 6) is -3.12. The average molecular weight is 1410 g/mol. The highest BCUT2D eigenvalue weighted by atomic mass is 32.1. The summed E-state index contributed by atoms with van der Waals surface area (Å²) in [5.41, 5.74) is 6.74. The minimum Gasteiger partial charge on any atom is -0.476 e. The van der Waals surface area contributed by atoms with Crippen molar-refractivity contribution in [1.29, 1.82) is 0 Å². The summed E-state index contributed by atoms with van der Waals surface area (Å²) >= 11 is 2.84. The van der Waals surface area contributed by atoms with Crippen LogP contribution in [0.5, 0.6) is 11.5 Å². The van der Waals surface area contributed by atoms with Gasteiger partial charge in [0.25, 0.3) is 11.8 Å². The molecular formula is C76H74BF3N8O11S2. The molecule has 19 nitrogen and oxygen atoms in total. The fraction of sp³-hybridized carbons (Fsp3) is 0.303. The Morgan fingerprint density at radius 2 is 1.17 bits per heavy atom. The molecular weight excluding hydrogens is 1330 g/mol. The number of fused-ring (bicyclic) bond motifs is 4. The van der Waals surface area contributed by atoms with Gasteiger partial charge in [-0.15, -0.1) is 0 Å². The highest BCUT2D eigenvalue weighted by Gasteiger charge is 2.53. The predicted molar refractivity (Wildman–Crippen MR) is 385 cm³/mol. The highest BCUT2D eigenvalue weighted by molar-refractivity contribution is 7.22. The molecule has 0 radical (unpaired) electrons. The van der Waals surface area contributed by atoms with Crippen molar-refractivity contribution >= 4 is 107 Å². The largest absolute Gasteiger partial charge is 0.497 e. The Kier molecular flexibility index (Phi) is 20.2. The Morgan fingerprint density at radius 3 is 1.68 bits per heavy atom. The third-order valence-electron chi connectivity index (χ3n) is 18.2. The van der Waals surface area contributed by atoms with Crippen molar-refractivity contribution < 1.29 is 65.8 Å². The van der Waals surface area contributed by atoms with E-state index < -0.39 is 60.3 Å². The quantitative estimate of drug-likeness (QED) is 0.0568. The smallest absolute Gasteiger partial charge is 0.476 e. The maximum atomic E-state index is 13.9. The first-order valence-corrected chi connectivity index (χ1v) is 34.7. The number of benzene rings is 6. The van der Waals surface area contributed by atoms with Crippen molar-refractivity contribution in [3.63, 3.8) is 0 Å². The Hall–Kier alpha value is -10.1. The lowest BCUT2D eigenvalue weighted by atomic mass is 9.77. The van der Waals surface area contributed by atoms with Gasteiger partial charge in [-0.05, 0) is 193 Å². The minimum absolute atomic E-state index is 0.0111. The van der Waals surface area contributed by atoms with Crippen molar-refractivity contribution in [3.8, 4) is 22.6 Å². The van der Waals surface area contributed by atoms with Crippen LogP contribution in [0.2, 0.25) is 0 Å². The number of carbonyl (C=O) groups is 5. The number of anilines is 4. The molecule has 2 amide bonds. The molecule has 101 heavy (non-hydrogen) atoms. The molecule has 13 rings (SSSR count). The number of aromatic nitrogens is 4. The number of nitrogens with one attached hydrogen (secondary N) is 2. The van der Waals surface area contributed by atoms with Crippen LogP contribution in [0, 0.1) is 6.92 Å². The van der Waals surface area contributed by atoms with Crippen LogP contribution in [0.25, 0.3) is 31.6 Å². The Balaban J connectivity index is 0.000000197. The van der Waals surface area contributed by atoms with Gasteiger partial charge in [0.2, 0.25) is 0 Å². The number of esters is 2. The summed E-state index contributed by atoms with van der Waals surface area (Å²) in [6.45, 7) is 18.8. The van der Waals surface area contributed by atoms with Crippen molar-refractivity contribution in [1.82, 2.24) is 19.9 Å². The lowest BCUT2D eigenvalue weighted by molar-refractivity contribution is -0.156. The zero-order valence-corrected chi connectivity index (χ0v) is 58.7. The number of hydrogen-bond acceptors (Lipinski definition) is 18. The molecule has 520 valence electrons. The number of nitrogens with zero attached hydrogens (tertiary/aromatic N) is 6. The normalized spacial score (nSPS) is 15.0. The summed E-state index contributed by atoms with van der Waals surface area (Å²) < 4.78 is 73.0. The number of rotatable bonds is 17. The molecule has 1 saturated heterocycles. The van der Waals surface area contributed by atoms with Gasteiger partial charge in [-0.2, -0.15) is 13.2 Å². The molecule has 1 fully saturated rings. The van der Waals surface area contributed by atoms with Gasteiger partial charge in [0.15, 0.2) is 21.7 Å². The molecule has 3 aliphatic heterocycles.